The number of carboxylic acids is 1. The molecule has 14 heteroatoms. The number of aliphatic carboxylic acids is 1. The number of benzene rings is 6. The average molecular weight is 927 g/mol. The molecule has 2 aliphatic heterocycles. The van der Waals surface area contributed by atoms with Crippen molar-refractivity contribution < 1.29 is 38.7 Å². The van der Waals surface area contributed by atoms with Crippen molar-refractivity contribution in [3.8, 4) is 11.1 Å². The van der Waals surface area contributed by atoms with E-state index in [0.29, 0.717) is 23.1 Å². The minimum Gasteiger partial charge on any atom is -0.480 e. The van der Waals surface area contributed by atoms with Gasteiger partial charge in [0, 0.05) is 37.8 Å². The number of hydrogen-bond acceptors (Lipinski definition) is 7. The number of hydrogen-bond donors (Lipinski definition) is 7. The van der Waals surface area contributed by atoms with Crippen molar-refractivity contribution in [2.75, 3.05) is 6.54 Å². The summed E-state index contributed by atoms with van der Waals surface area (Å²) in [5, 5.41) is 26.9. The largest absolute Gasteiger partial charge is 0.480 e. The van der Waals surface area contributed by atoms with E-state index in [1.54, 1.807) is 60.7 Å². The number of carbonyl (C=O) groups is 7. The van der Waals surface area contributed by atoms with E-state index >= 15 is 0 Å². The third-order valence-corrected chi connectivity index (χ3v) is 11.9. The summed E-state index contributed by atoms with van der Waals surface area (Å²) in [5.74, 6) is -5.32. The van der Waals surface area contributed by atoms with Gasteiger partial charge in [-0.05, 0) is 63.9 Å². The minimum absolute atomic E-state index is 0.00687. The number of nitrogens with one attached hydrogen (secondary N) is 6. The topological polar surface area (TPSA) is 212 Å². The van der Waals surface area contributed by atoms with E-state index < -0.39 is 71.6 Å². The molecule has 1 unspecified atom stereocenters. The van der Waals surface area contributed by atoms with Crippen molar-refractivity contribution in [2.45, 2.75) is 68.7 Å². The monoisotopic (exact) mass is 926 g/mol. The lowest BCUT2D eigenvalue weighted by atomic mass is 9.98. The second kappa shape index (κ2) is 23.9. The van der Waals surface area contributed by atoms with Gasteiger partial charge in [0.1, 0.15) is 30.2 Å². The molecule has 8 rings (SSSR count). The predicted octanol–water partition coefficient (Wildman–Crippen LogP) is 5.03. The highest BCUT2D eigenvalue weighted by Crippen LogP contribution is 2.21. The number of carboxylic acid groups (broad SMARTS) is 1. The fourth-order valence-corrected chi connectivity index (χ4v) is 8.07. The van der Waals surface area contributed by atoms with Crippen LogP contribution in [0.25, 0.3) is 11.1 Å². The van der Waals surface area contributed by atoms with Crippen LogP contribution in [0.4, 0.5) is 0 Å². The number of carbonyl (C=O) groups excluding carboxylic acids is 6. The molecule has 6 amide bonds. The zero-order chi connectivity index (χ0) is 48.5. The van der Waals surface area contributed by atoms with Gasteiger partial charge in [-0.25, -0.2) is 4.79 Å². The van der Waals surface area contributed by atoms with E-state index in [4.69, 9.17) is 0 Å². The van der Waals surface area contributed by atoms with E-state index in [1.807, 2.05) is 84.9 Å². The summed E-state index contributed by atoms with van der Waals surface area (Å²) in [4.78, 5) is 97.5. The fourth-order valence-electron chi connectivity index (χ4n) is 8.07. The molecular weight excluding hydrogens is 873 g/mol. The van der Waals surface area contributed by atoms with Crippen LogP contribution in [0.1, 0.15) is 57.1 Å². The van der Waals surface area contributed by atoms with Crippen molar-refractivity contribution in [1.29, 1.82) is 0 Å². The summed E-state index contributed by atoms with van der Waals surface area (Å²) in [7, 11) is 0. The maximum atomic E-state index is 14.8. The van der Waals surface area contributed by atoms with Gasteiger partial charge in [0.2, 0.25) is 29.5 Å². The quantitative estimate of drug-likeness (QED) is 0.0780. The molecule has 0 aromatic heterocycles. The summed E-state index contributed by atoms with van der Waals surface area (Å²) < 4.78 is 0. The van der Waals surface area contributed by atoms with E-state index in [2.05, 4.69) is 31.9 Å². The molecule has 0 saturated carbocycles. The van der Waals surface area contributed by atoms with Crippen LogP contribution in [0, 0.1) is 0 Å². The Hall–Kier alpha value is -8.39. The number of rotatable bonds is 13. The van der Waals surface area contributed by atoms with Crippen LogP contribution in [0.15, 0.2) is 170 Å². The molecule has 0 aliphatic carbocycles. The Kier molecular flexibility index (Phi) is 16.8. The van der Waals surface area contributed by atoms with Crippen LogP contribution in [0.2, 0.25) is 0 Å². The van der Waals surface area contributed by atoms with Crippen LogP contribution in [0.3, 0.4) is 0 Å². The van der Waals surface area contributed by atoms with Crippen molar-refractivity contribution in [2.24, 2.45) is 0 Å². The molecule has 0 fully saturated rings. The van der Waals surface area contributed by atoms with E-state index in [9.17, 15) is 38.7 Å². The Labute approximate surface area is 400 Å². The lowest BCUT2D eigenvalue weighted by Crippen LogP contribution is -2.58. The van der Waals surface area contributed by atoms with Crippen LogP contribution in [0.5, 0.6) is 0 Å². The Balaban J connectivity index is 1.24. The highest BCUT2D eigenvalue weighted by atomic mass is 16.4. The minimum atomic E-state index is -1.50. The van der Waals surface area contributed by atoms with Crippen LogP contribution in [-0.2, 0) is 54.5 Å². The molecular formula is C55H54N6O8. The van der Waals surface area contributed by atoms with E-state index in [1.165, 1.54) is 24.3 Å². The lowest BCUT2D eigenvalue weighted by Gasteiger charge is -2.27. The van der Waals surface area contributed by atoms with Gasteiger partial charge < -0.3 is 37.0 Å². The van der Waals surface area contributed by atoms with Crippen molar-refractivity contribution in [1.82, 2.24) is 31.9 Å². The van der Waals surface area contributed by atoms with E-state index in [0.717, 1.165) is 16.7 Å². The van der Waals surface area contributed by atoms with Crippen molar-refractivity contribution in [3.05, 3.63) is 203 Å². The molecule has 6 aromatic carbocycles. The fraction of sp³-hybridized carbons (Fsp3) is 0.218. The van der Waals surface area contributed by atoms with Crippen molar-refractivity contribution >= 4 is 41.4 Å². The maximum Gasteiger partial charge on any atom is 0.326 e. The van der Waals surface area contributed by atoms with Gasteiger partial charge in [0.05, 0.1) is 0 Å². The van der Waals surface area contributed by atoms with Gasteiger partial charge in [-0.2, -0.15) is 0 Å². The van der Waals surface area contributed by atoms with E-state index in [-0.39, 0.29) is 49.8 Å². The molecule has 352 valence electrons. The molecule has 69 heavy (non-hydrogen) atoms. The lowest BCUT2D eigenvalue weighted by molar-refractivity contribution is -0.142. The van der Waals surface area contributed by atoms with Gasteiger partial charge >= 0.3 is 5.97 Å². The number of aryl methyl sites for hydroxylation is 1. The summed E-state index contributed by atoms with van der Waals surface area (Å²) in [6.45, 7) is -0.0780. The standard InChI is InChI=1S/C55H54N6O8/c62-48-31-32-56-50(63)43-28-26-42(27-29-43)49(54(67)60-47(55(68)69)35-38-17-9-3-10-18-38)61-53(66)46(33-37-15-7-2-8-16-37)59-52(65)45(34-39-21-24-41(25-22-39)40-19-11-4-12-20-40)58-51(64)44(57-48)30-23-36-13-5-1-6-14-36/h1-22,24-29,44-47,49H,23,30-35H2,(H,56,63)(H,57,62)(H,58,64)(H,59,65)(H,60,67)(H,61,66)(H,68,69)/t44-,45+,46-,47+,49?/m1/s1. The Morgan fingerprint density at radius 3 is 1.58 bits per heavy atom. The van der Waals surface area contributed by atoms with Gasteiger partial charge in [0.25, 0.3) is 5.91 Å². The first-order valence-corrected chi connectivity index (χ1v) is 22.9. The second-order valence-corrected chi connectivity index (χ2v) is 16.9. The van der Waals surface area contributed by atoms with Gasteiger partial charge in [-0.1, -0.05) is 158 Å². The Bertz CT molecular complexity index is 2700. The highest BCUT2D eigenvalue weighted by molar-refractivity contribution is 5.98. The highest BCUT2D eigenvalue weighted by Gasteiger charge is 2.34. The first-order chi connectivity index (χ1) is 33.5. The Morgan fingerprint density at radius 2 is 1.00 bits per heavy atom. The summed E-state index contributed by atoms with van der Waals surface area (Å²) >= 11 is 0. The number of amides is 6. The molecule has 2 heterocycles. The summed E-state index contributed by atoms with van der Waals surface area (Å²) in [6.07, 6.45) is 0.322. The summed E-state index contributed by atoms with van der Waals surface area (Å²) in [6, 6.07) is 43.6. The molecule has 6 aromatic rings. The van der Waals surface area contributed by atoms with Crippen molar-refractivity contribution in [3.63, 3.8) is 0 Å². The molecule has 0 spiro atoms. The van der Waals surface area contributed by atoms with Crippen LogP contribution in [-0.4, -0.2) is 77.2 Å². The first kappa shape index (κ1) is 48.5. The smallest absolute Gasteiger partial charge is 0.326 e. The molecule has 0 radical (unpaired) electrons. The zero-order valence-corrected chi connectivity index (χ0v) is 37.8. The average Bonchev–Trinajstić information content (AvgIpc) is 3.37. The maximum absolute atomic E-state index is 14.8. The third-order valence-electron chi connectivity index (χ3n) is 11.9. The SMILES string of the molecule is O=C1CCNC(=O)c2ccc(cc2)C(C(=O)N[C@@H](Cc2ccccc2)C(=O)O)NC(=O)[C@@H](Cc2ccccc2)NC(=O)[C@H](Cc2ccc(-c3ccccc3)cc2)NC(=O)[C@@H](CCc2ccccc2)N1. The zero-order valence-electron chi connectivity index (χ0n) is 37.8. The third kappa shape index (κ3) is 14.1. The predicted molar refractivity (Wildman–Crippen MR) is 260 cm³/mol. The van der Waals surface area contributed by atoms with Gasteiger partial charge in [-0.3, -0.25) is 28.8 Å². The van der Waals surface area contributed by atoms with Gasteiger partial charge in [0.15, 0.2) is 0 Å². The normalized spacial score (nSPS) is 18.6. The molecule has 14 nitrogen and oxygen atoms in total. The molecule has 2 bridgehead atoms. The second-order valence-electron chi connectivity index (χ2n) is 16.9. The molecule has 2 aliphatic rings. The molecule has 5 atom stereocenters. The Morgan fingerprint density at radius 1 is 0.522 bits per heavy atom. The van der Waals surface area contributed by atoms with Gasteiger partial charge in [-0.15, -0.1) is 0 Å². The van der Waals surface area contributed by atoms with Crippen LogP contribution < -0.4 is 31.9 Å². The van der Waals surface area contributed by atoms with Crippen LogP contribution >= 0.6 is 0 Å². The first-order valence-electron chi connectivity index (χ1n) is 22.9. The molecule has 0 saturated heterocycles. The number of fused-ring (bicyclic) bond motifs is 17. The molecule has 7 N–H and O–H groups in total. The summed E-state index contributed by atoms with van der Waals surface area (Å²) in [5.41, 5.74) is 5.25.